The van der Waals surface area contributed by atoms with Crippen LogP contribution in [-0.2, 0) is 5.41 Å². The fourth-order valence-corrected chi connectivity index (χ4v) is 1.61. The zero-order valence-electron chi connectivity index (χ0n) is 11.7. The predicted octanol–water partition coefficient (Wildman–Crippen LogP) is 3.56. The number of hydrogen-bond acceptors (Lipinski definition) is 4. The molecule has 19 heavy (non-hydrogen) atoms. The number of nitrogens with one attached hydrogen (secondary N) is 1. The molecule has 0 unspecified atom stereocenters. The van der Waals surface area contributed by atoms with Gasteiger partial charge in [-0.05, 0) is 13.8 Å². The minimum absolute atomic E-state index is 0.197. The summed E-state index contributed by atoms with van der Waals surface area (Å²) in [6.07, 6.45) is 0. The molecule has 0 atom stereocenters. The van der Waals surface area contributed by atoms with Crippen LogP contribution < -0.4 is 4.74 Å². The van der Waals surface area contributed by atoms with E-state index < -0.39 is 0 Å². The molecule has 2 aromatic heterocycles. The van der Waals surface area contributed by atoms with Gasteiger partial charge in [0.05, 0.1) is 0 Å². The highest BCUT2D eigenvalue weighted by Crippen LogP contribution is 2.29. The summed E-state index contributed by atoms with van der Waals surface area (Å²) in [5.74, 6) is 1.55. The zero-order chi connectivity index (χ0) is 14.2. The number of aryl methyl sites for hydroxylation is 1. The molecule has 2 aromatic rings. The van der Waals surface area contributed by atoms with Crippen LogP contribution in [0.2, 0.25) is 5.15 Å². The third-order valence-electron chi connectivity index (χ3n) is 2.60. The lowest BCUT2D eigenvalue weighted by molar-refractivity contribution is 0.426. The quantitative estimate of drug-likeness (QED) is 0.854. The van der Waals surface area contributed by atoms with Crippen LogP contribution >= 0.6 is 11.6 Å². The van der Waals surface area contributed by atoms with Crippen molar-refractivity contribution in [3.63, 3.8) is 0 Å². The Balaban J connectivity index is 2.41. The van der Waals surface area contributed by atoms with Gasteiger partial charge in [-0.2, -0.15) is 4.98 Å². The van der Waals surface area contributed by atoms with Crippen LogP contribution in [0.3, 0.4) is 0 Å². The minimum Gasteiger partial charge on any atom is -0.419 e. The van der Waals surface area contributed by atoms with Crippen molar-refractivity contribution in [2.24, 2.45) is 0 Å². The maximum Gasteiger partial charge on any atom is 0.240 e. The second kappa shape index (κ2) is 4.81. The molecular weight excluding hydrogens is 264 g/mol. The van der Waals surface area contributed by atoms with Crippen LogP contribution in [0, 0.1) is 13.8 Å². The van der Waals surface area contributed by atoms with Gasteiger partial charge >= 0.3 is 0 Å². The number of hydrogen-bond donors (Lipinski definition) is 1. The molecule has 0 saturated heterocycles. The van der Waals surface area contributed by atoms with E-state index in [-0.39, 0.29) is 5.41 Å². The fraction of sp³-hybridized carbons (Fsp3) is 0.462. The van der Waals surface area contributed by atoms with Gasteiger partial charge in [-0.25, -0.2) is 4.98 Å². The lowest BCUT2D eigenvalue weighted by Crippen LogP contribution is -2.17. The first kappa shape index (κ1) is 13.8. The first-order valence-corrected chi connectivity index (χ1v) is 6.39. The van der Waals surface area contributed by atoms with Gasteiger partial charge in [-0.15, -0.1) is 5.10 Å². The largest absolute Gasteiger partial charge is 0.419 e. The van der Waals surface area contributed by atoms with Gasteiger partial charge in [0.15, 0.2) is 0 Å². The van der Waals surface area contributed by atoms with Crippen molar-refractivity contribution in [1.82, 2.24) is 20.2 Å². The molecule has 5 nitrogen and oxygen atoms in total. The highest BCUT2D eigenvalue weighted by atomic mass is 35.5. The highest BCUT2D eigenvalue weighted by Gasteiger charge is 2.21. The van der Waals surface area contributed by atoms with Gasteiger partial charge in [-0.3, -0.25) is 5.10 Å². The molecule has 102 valence electrons. The molecule has 0 aliphatic heterocycles. The van der Waals surface area contributed by atoms with Gasteiger partial charge in [0.1, 0.15) is 11.0 Å². The first-order chi connectivity index (χ1) is 8.77. The smallest absolute Gasteiger partial charge is 0.240 e. The van der Waals surface area contributed by atoms with Crippen LogP contribution in [0.25, 0.3) is 0 Å². The zero-order valence-corrected chi connectivity index (χ0v) is 12.5. The second-order valence-corrected chi connectivity index (χ2v) is 5.87. The highest BCUT2D eigenvalue weighted by molar-refractivity contribution is 6.30. The SMILES string of the molecule is Cc1cc(Oc2nc(C(C)(C)C)nc(Cl)c2C)n[nH]1. The van der Waals surface area contributed by atoms with Gasteiger partial charge in [0, 0.05) is 22.7 Å². The molecule has 1 N–H and O–H groups in total. The number of halogens is 1. The molecule has 6 heteroatoms. The van der Waals surface area contributed by atoms with Crippen molar-refractivity contribution in [2.75, 3.05) is 0 Å². The third-order valence-corrected chi connectivity index (χ3v) is 2.96. The summed E-state index contributed by atoms with van der Waals surface area (Å²) in [5.41, 5.74) is 1.43. The number of aromatic amines is 1. The summed E-state index contributed by atoms with van der Waals surface area (Å²) in [6.45, 7) is 9.80. The lowest BCUT2D eigenvalue weighted by atomic mass is 9.96. The number of ether oxygens (including phenoxy) is 1. The monoisotopic (exact) mass is 280 g/mol. The molecule has 0 aliphatic carbocycles. The number of nitrogens with zero attached hydrogens (tertiary/aromatic N) is 3. The molecule has 0 aliphatic rings. The van der Waals surface area contributed by atoms with Crippen molar-refractivity contribution < 1.29 is 4.74 Å². The number of rotatable bonds is 2. The molecule has 0 bridgehead atoms. The van der Waals surface area contributed by atoms with Crippen LogP contribution in [0.15, 0.2) is 6.07 Å². The van der Waals surface area contributed by atoms with Crippen molar-refractivity contribution >= 4 is 11.6 Å². The van der Waals surface area contributed by atoms with E-state index in [4.69, 9.17) is 16.3 Å². The maximum absolute atomic E-state index is 6.14. The van der Waals surface area contributed by atoms with Crippen LogP contribution in [0.5, 0.6) is 11.8 Å². The Labute approximate surface area is 117 Å². The normalized spacial score (nSPS) is 11.7. The molecular formula is C13H17ClN4O. The summed E-state index contributed by atoms with van der Waals surface area (Å²) >= 11 is 6.14. The molecule has 2 rings (SSSR count). The molecule has 0 radical (unpaired) electrons. The van der Waals surface area contributed by atoms with Crippen molar-refractivity contribution in [3.05, 3.63) is 28.3 Å². The molecule has 0 spiro atoms. The molecule has 0 amide bonds. The van der Waals surface area contributed by atoms with Crippen molar-refractivity contribution in [3.8, 4) is 11.8 Å². The van der Waals surface area contributed by atoms with E-state index in [9.17, 15) is 0 Å². The molecule has 0 saturated carbocycles. The summed E-state index contributed by atoms with van der Waals surface area (Å²) in [5, 5.41) is 7.24. The second-order valence-electron chi connectivity index (χ2n) is 5.51. The van der Waals surface area contributed by atoms with E-state index in [1.165, 1.54) is 0 Å². The van der Waals surface area contributed by atoms with Gasteiger partial charge < -0.3 is 4.74 Å². The van der Waals surface area contributed by atoms with Gasteiger partial charge in [0.2, 0.25) is 11.8 Å². The van der Waals surface area contributed by atoms with E-state index in [1.54, 1.807) is 6.07 Å². The van der Waals surface area contributed by atoms with Crippen LogP contribution in [0.1, 0.15) is 37.9 Å². The van der Waals surface area contributed by atoms with E-state index in [1.807, 2.05) is 34.6 Å². The van der Waals surface area contributed by atoms with Crippen LogP contribution in [0.4, 0.5) is 0 Å². The van der Waals surface area contributed by atoms with Crippen molar-refractivity contribution in [1.29, 1.82) is 0 Å². The Kier molecular flexibility index (Phi) is 3.49. The summed E-state index contributed by atoms with van der Waals surface area (Å²) in [4.78, 5) is 8.73. The number of H-pyrrole nitrogens is 1. The average Bonchev–Trinajstić information content (AvgIpc) is 2.69. The summed E-state index contributed by atoms with van der Waals surface area (Å²) < 4.78 is 5.67. The standard InChI is InChI=1S/C13H17ClN4O/c1-7-6-9(18-17-7)19-11-8(2)10(14)15-12(16-11)13(3,4)5/h6H,1-5H3,(H,17,18). The van der Waals surface area contributed by atoms with E-state index >= 15 is 0 Å². The first-order valence-electron chi connectivity index (χ1n) is 6.02. The summed E-state index contributed by atoms with van der Waals surface area (Å²) in [6, 6.07) is 1.80. The van der Waals surface area contributed by atoms with Gasteiger partial charge in [-0.1, -0.05) is 32.4 Å². The van der Waals surface area contributed by atoms with Crippen LogP contribution in [-0.4, -0.2) is 20.2 Å². The van der Waals surface area contributed by atoms with E-state index in [2.05, 4.69) is 20.2 Å². The Morgan fingerprint density at radius 1 is 1.21 bits per heavy atom. The summed E-state index contributed by atoms with van der Waals surface area (Å²) in [7, 11) is 0. The molecule has 2 heterocycles. The third kappa shape index (κ3) is 3.04. The maximum atomic E-state index is 6.14. The topological polar surface area (TPSA) is 63.7 Å². The Morgan fingerprint density at radius 3 is 2.42 bits per heavy atom. The Bertz CT molecular complexity index is 601. The lowest BCUT2D eigenvalue weighted by Gasteiger charge is -2.18. The Hall–Kier alpha value is -1.62. The minimum atomic E-state index is -0.197. The van der Waals surface area contributed by atoms with Gasteiger partial charge in [0.25, 0.3) is 0 Å². The molecule has 0 aromatic carbocycles. The Morgan fingerprint density at radius 2 is 1.89 bits per heavy atom. The fourth-order valence-electron chi connectivity index (χ4n) is 1.45. The van der Waals surface area contributed by atoms with E-state index in [0.717, 1.165) is 5.69 Å². The van der Waals surface area contributed by atoms with Crippen molar-refractivity contribution in [2.45, 2.75) is 40.0 Å². The number of aromatic nitrogens is 4. The molecule has 0 fully saturated rings. The van der Waals surface area contributed by atoms with E-state index in [0.29, 0.717) is 28.3 Å². The average molecular weight is 281 g/mol. The predicted molar refractivity (Wildman–Crippen MR) is 73.9 cm³/mol.